The third-order valence-electron chi connectivity index (χ3n) is 0. The predicted octanol–water partition coefficient (Wildman–Crippen LogP) is -2.28. The minimum Gasteiger partial charge on any atom is -0.512 e. The summed E-state index contributed by atoms with van der Waals surface area (Å²) < 4.78 is 0. The molecule has 0 bridgehead atoms. The first kappa shape index (κ1) is 173. The molecule has 9 nitrogen and oxygen atoms in total. The Morgan fingerprint density at radius 2 is 0.353 bits per heavy atom. The summed E-state index contributed by atoms with van der Waals surface area (Å²) in [6.07, 6.45) is 0. The maximum atomic E-state index is 6.25. The molecule has 0 aliphatic heterocycles. The van der Waals surface area contributed by atoms with Crippen molar-refractivity contribution in [1.29, 1.82) is 31.6 Å². The van der Waals surface area contributed by atoms with E-state index in [0.29, 0.717) is 0 Å². The van der Waals surface area contributed by atoms with Gasteiger partial charge in [0.25, 0.3) is 0 Å². The fourth-order valence-electron chi connectivity index (χ4n) is 0. The molecule has 0 aliphatic carbocycles. The van der Waals surface area contributed by atoms with Crippen molar-refractivity contribution in [2.24, 2.45) is 0 Å². The maximum absolute atomic E-state index is 6.25. The fourth-order valence-corrected chi connectivity index (χ4v) is 0. The molecule has 0 aliphatic rings. The van der Waals surface area contributed by atoms with Crippen LogP contribution in [0.5, 0.6) is 0 Å². The molecule has 0 atom stereocenters. The monoisotopic (exact) mass is 475 g/mol. The van der Waals surface area contributed by atoms with Gasteiger partial charge in [-0.2, -0.15) is 0 Å². The number of rotatable bonds is 0. The second-order valence-corrected chi connectivity index (χ2v) is 0. The van der Waals surface area contributed by atoms with Gasteiger partial charge in [-0.3, -0.25) is 0 Å². The van der Waals surface area contributed by atoms with Gasteiger partial charge in [-0.1, -0.05) is 0 Å². The third-order valence-corrected chi connectivity index (χ3v) is 0. The average Bonchev–Trinajstić information content (AvgIpc) is 2.33. The van der Waals surface area contributed by atoms with Gasteiger partial charge in [0.05, 0.1) is 0 Å². The van der Waals surface area contributed by atoms with Crippen molar-refractivity contribution < 1.29 is 33.5 Å². The van der Waals surface area contributed by atoms with E-state index in [9.17, 15) is 0 Å². The van der Waals surface area contributed by atoms with Crippen molar-refractivity contribution in [3.63, 3.8) is 0 Å². The Balaban J connectivity index is -0.00000000267. The zero-order chi connectivity index (χ0) is 12.0. The summed E-state index contributed by atoms with van der Waals surface area (Å²) >= 11 is 0. The molecule has 0 amide bonds. The average molecular weight is 475 g/mol. The standard InChI is InChI=1S/6CN.Bi.Fe.3H2O/c6*1-2;;;;;/h;;;;;;;;3*1H2/q6*-1;2*+3;;;. The largest absolute Gasteiger partial charge is 3.00 e. The van der Waals surface area contributed by atoms with E-state index in [4.69, 9.17) is 71.0 Å². The summed E-state index contributed by atoms with van der Waals surface area (Å²) in [4.78, 5) is 0. The van der Waals surface area contributed by atoms with Crippen molar-refractivity contribution in [1.82, 2.24) is 0 Å². The molecule has 6 N–H and O–H groups in total. The van der Waals surface area contributed by atoms with Crippen LogP contribution in [0.25, 0.3) is 0 Å². The SMILES string of the molecule is O.O.O.[Bi+3].[C-]#N.[C-]#N.[C-]#N.[C-]#N.[C-]#N.[C-]#N.[Fe+3]. The Morgan fingerprint density at radius 3 is 0.353 bits per heavy atom. The van der Waals surface area contributed by atoms with Crippen LogP contribution in [0.2, 0.25) is 0 Å². The van der Waals surface area contributed by atoms with E-state index in [2.05, 4.69) is 0 Å². The Hall–Kier alpha value is -1.78. The van der Waals surface area contributed by atoms with Gasteiger partial charge in [0, 0.05) is 0 Å². The van der Waals surface area contributed by atoms with Crippen molar-refractivity contribution in [2.75, 3.05) is 0 Å². The van der Waals surface area contributed by atoms with E-state index < -0.39 is 0 Å². The normalized spacial score (nSPS) is 0.706. The first-order chi connectivity index (χ1) is 6.00. The first-order valence-corrected chi connectivity index (χ1v) is 1.34. The summed E-state index contributed by atoms with van der Waals surface area (Å²) in [5.41, 5.74) is 0. The second-order valence-electron chi connectivity index (χ2n) is 0. The molecule has 0 unspecified atom stereocenters. The molecule has 0 fully saturated rings. The third kappa shape index (κ3) is 673. The summed E-state index contributed by atoms with van der Waals surface area (Å²) in [6, 6.07) is 0. The molecule has 0 aromatic heterocycles. The van der Waals surface area contributed by atoms with Gasteiger partial charge < -0.3 is 87.4 Å². The molecule has 0 aromatic rings. The topological polar surface area (TPSA) is 237 Å². The van der Waals surface area contributed by atoms with Crippen molar-refractivity contribution in [3.05, 3.63) is 39.4 Å². The van der Waals surface area contributed by atoms with Gasteiger partial charge in [0.1, 0.15) is 0 Å². The Labute approximate surface area is 130 Å². The zero-order valence-electron chi connectivity index (χ0n) is 7.98. The van der Waals surface area contributed by atoms with E-state index in [1.165, 1.54) is 0 Å². The Bertz CT molecular complexity index is 109. The number of nitrogens with zero attached hydrogens (tertiary/aromatic N) is 6. The van der Waals surface area contributed by atoms with Crippen LogP contribution in [0.3, 0.4) is 0 Å². The van der Waals surface area contributed by atoms with Crippen molar-refractivity contribution in [3.8, 4) is 0 Å². The Morgan fingerprint density at radius 1 is 0.353 bits per heavy atom. The first-order valence-electron chi connectivity index (χ1n) is 1.34. The quantitative estimate of drug-likeness (QED) is 0.276. The summed E-state index contributed by atoms with van der Waals surface area (Å²) in [5, 5.41) is 37.5. The number of hydrogen-bond acceptors (Lipinski definition) is 6. The molecule has 0 aromatic carbocycles. The van der Waals surface area contributed by atoms with E-state index >= 15 is 0 Å². The fraction of sp³-hybridized carbons (Fsp3) is 0. The molecule has 0 spiro atoms. The van der Waals surface area contributed by atoms with Crippen molar-refractivity contribution in [2.45, 2.75) is 0 Å². The predicted molar refractivity (Wildman–Crippen MR) is 46.4 cm³/mol. The van der Waals surface area contributed by atoms with Gasteiger partial charge >= 0.3 is 43.3 Å². The number of hydrogen-bond donors (Lipinski definition) is 0. The van der Waals surface area contributed by atoms with E-state index in [-0.39, 0.29) is 59.7 Å². The van der Waals surface area contributed by atoms with Gasteiger partial charge in [0.15, 0.2) is 0 Å². The molecule has 0 heterocycles. The second kappa shape index (κ2) is 787. The minimum absolute atomic E-state index is 0. The van der Waals surface area contributed by atoms with Gasteiger partial charge in [-0.15, -0.1) is 0 Å². The van der Waals surface area contributed by atoms with Crippen LogP contribution in [0.15, 0.2) is 0 Å². The van der Waals surface area contributed by atoms with Crippen LogP contribution >= 0.6 is 0 Å². The summed E-state index contributed by atoms with van der Waals surface area (Å²) in [5.74, 6) is 0. The smallest absolute Gasteiger partial charge is 0.512 e. The van der Waals surface area contributed by atoms with E-state index in [1.54, 1.807) is 0 Å². The van der Waals surface area contributed by atoms with Crippen LogP contribution in [0, 0.1) is 71.0 Å². The molecule has 3 radical (unpaired) electrons. The van der Waals surface area contributed by atoms with Gasteiger partial charge in [-0.05, 0) is 0 Å². The zero-order valence-corrected chi connectivity index (χ0v) is 12.6. The van der Waals surface area contributed by atoms with Crippen LogP contribution in [-0.2, 0) is 17.1 Å². The maximum Gasteiger partial charge on any atom is 3.00 e. The molecule has 0 rings (SSSR count). The summed E-state index contributed by atoms with van der Waals surface area (Å²) in [6.45, 7) is 28.5. The van der Waals surface area contributed by atoms with Crippen LogP contribution < -0.4 is 0 Å². The van der Waals surface area contributed by atoms with Crippen LogP contribution in [-0.4, -0.2) is 42.6 Å². The molecule has 0 saturated carbocycles. The molecule has 17 heavy (non-hydrogen) atoms. The summed E-state index contributed by atoms with van der Waals surface area (Å²) in [7, 11) is 0. The van der Waals surface area contributed by atoms with Gasteiger partial charge in [-0.25, -0.2) is 0 Å². The van der Waals surface area contributed by atoms with E-state index in [0.717, 1.165) is 0 Å². The Kier molecular flexibility index (Phi) is 8000. The van der Waals surface area contributed by atoms with Crippen LogP contribution in [0.4, 0.5) is 0 Å². The van der Waals surface area contributed by atoms with E-state index in [1.807, 2.05) is 0 Å². The molecule has 91 valence electrons. The minimum atomic E-state index is 0. The molecular formula is C6H6BiFeN6O3. The molecule has 0 saturated heterocycles. The van der Waals surface area contributed by atoms with Gasteiger partial charge in [0.2, 0.25) is 0 Å². The van der Waals surface area contributed by atoms with Crippen molar-refractivity contribution >= 4 is 26.2 Å². The van der Waals surface area contributed by atoms with Crippen LogP contribution in [0.1, 0.15) is 0 Å². The molecule has 11 heteroatoms. The molecular weight excluding hydrogens is 469 g/mol.